The maximum Gasteiger partial charge on any atom is 0.287 e. The zero-order valence-corrected chi connectivity index (χ0v) is 27.3. The Bertz CT molecular complexity index is 1640. The number of aromatic nitrogens is 1. The van der Waals surface area contributed by atoms with Crippen molar-refractivity contribution >= 4 is 40.2 Å². The molecule has 3 aromatic rings. The van der Waals surface area contributed by atoms with E-state index in [-0.39, 0.29) is 37.3 Å². The van der Waals surface area contributed by atoms with Gasteiger partial charge < -0.3 is 24.9 Å². The number of nitrogens with one attached hydrogen (secondary N) is 3. The molecule has 0 aliphatic heterocycles. The summed E-state index contributed by atoms with van der Waals surface area (Å²) in [5, 5.41) is 8.39. The number of pyridine rings is 1. The van der Waals surface area contributed by atoms with E-state index in [0.29, 0.717) is 41.4 Å². The van der Waals surface area contributed by atoms with Crippen molar-refractivity contribution < 1.29 is 23.6 Å². The third-order valence-corrected chi connectivity index (χ3v) is 9.62. The van der Waals surface area contributed by atoms with Crippen molar-refractivity contribution in [2.24, 2.45) is 29.6 Å². The summed E-state index contributed by atoms with van der Waals surface area (Å²) in [7, 11) is 1.35. The van der Waals surface area contributed by atoms with Gasteiger partial charge in [0.25, 0.3) is 17.4 Å². The van der Waals surface area contributed by atoms with Crippen molar-refractivity contribution in [1.82, 2.24) is 15.2 Å². The number of rotatable bonds is 10. The SMILES string of the molecule is C.C=C.CNC(=O)C(=O)CCC(NC(=O)c1oc2ccccc2c1C)C(=O)Nc1cccn(CC2C(C)CC3CC(C)CC2C3)c1=O. The van der Waals surface area contributed by atoms with Gasteiger partial charge in [-0.05, 0) is 86.8 Å². The summed E-state index contributed by atoms with van der Waals surface area (Å²) in [4.78, 5) is 64.5. The maximum atomic E-state index is 13.6. The number of fused-ring (bicyclic) bond motifs is 3. The number of benzene rings is 1. The summed E-state index contributed by atoms with van der Waals surface area (Å²) in [5.74, 6) is 0.173. The minimum absolute atomic E-state index is 0. The van der Waals surface area contributed by atoms with Crippen molar-refractivity contribution in [3.63, 3.8) is 0 Å². The Hall–Kier alpha value is -4.47. The first-order valence-electron chi connectivity index (χ1n) is 16.1. The fourth-order valence-corrected chi connectivity index (χ4v) is 7.47. The van der Waals surface area contributed by atoms with E-state index in [0.717, 1.165) is 11.3 Å². The van der Waals surface area contributed by atoms with Crippen molar-refractivity contribution in [2.45, 2.75) is 79.3 Å². The average Bonchev–Trinajstić information content (AvgIpc) is 3.39. The largest absolute Gasteiger partial charge is 0.451 e. The van der Waals surface area contributed by atoms with Crippen LogP contribution in [0.15, 0.2) is 65.0 Å². The molecule has 6 atom stereocenters. The number of anilines is 1. The predicted molar refractivity (Wildman–Crippen MR) is 185 cm³/mol. The highest BCUT2D eigenvalue weighted by molar-refractivity contribution is 6.36. The van der Waals surface area contributed by atoms with Crippen molar-refractivity contribution in [3.05, 3.63) is 77.4 Å². The molecule has 2 aliphatic rings. The molecule has 6 unspecified atom stereocenters. The number of carbonyl (C=O) groups excluding carboxylic acids is 4. The molecule has 10 nitrogen and oxygen atoms in total. The van der Waals surface area contributed by atoms with Crippen LogP contribution in [0.25, 0.3) is 11.0 Å². The molecule has 10 heteroatoms. The lowest BCUT2D eigenvalue weighted by atomic mass is 9.60. The van der Waals surface area contributed by atoms with Gasteiger partial charge >= 0.3 is 0 Å². The van der Waals surface area contributed by atoms with E-state index >= 15 is 0 Å². The molecule has 2 fully saturated rings. The second-order valence-electron chi connectivity index (χ2n) is 12.8. The number of nitrogens with zero attached hydrogens (tertiary/aromatic N) is 1. The highest BCUT2D eigenvalue weighted by atomic mass is 16.3. The smallest absolute Gasteiger partial charge is 0.287 e. The molecule has 254 valence electrons. The summed E-state index contributed by atoms with van der Waals surface area (Å²) >= 11 is 0. The summed E-state index contributed by atoms with van der Waals surface area (Å²) in [5.41, 5.74) is 0.910. The van der Waals surface area contributed by atoms with Crippen molar-refractivity contribution in [1.29, 1.82) is 0 Å². The molecule has 5 rings (SSSR count). The number of likely N-dealkylation sites (N-methyl/N-ethyl adjacent to an activating group) is 1. The van der Waals surface area contributed by atoms with Crippen LogP contribution >= 0.6 is 0 Å². The second kappa shape index (κ2) is 16.4. The van der Waals surface area contributed by atoms with Crippen LogP contribution in [-0.4, -0.2) is 41.2 Å². The third-order valence-electron chi connectivity index (χ3n) is 9.62. The Morgan fingerprint density at radius 2 is 1.74 bits per heavy atom. The standard InChI is InChI=1S/C34H42N4O6.C2H4.CH4/c1-19-14-22-16-20(2)25(23(15-19)17-22)18-38-13-7-9-27(34(38)43)37-31(40)26(11-12-28(39)32(41)35-4)36-33(42)30-21(3)24-8-5-6-10-29(24)44-30;1-2;/h5-10,13,19-20,22-23,25-26H,11-12,14-18H2,1-4H3,(H,35,41)(H,36,42)(H,37,40);1-2H2;1H4. The lowest BCUT2D eigenvalue weighted by molar-refractivity contribution is -0.137. The number of para-hydroxylation sites is 1. The Kier molecular flexibility index (Phi) is 12.9. The fourth-order valence-electron chi connectivity index (χ4n) is 7.47. The average molecular weight is 647 g/mol. The zero-order chi connectivity index (χ0) is 33.5. The normalized spacial score (nSPS) is 22.1. The van der Waals surface area contributed by atoms with Gasteiger partial charge in [-0.2, -0.15) is 0 Å². The van der Waals surface area contributed by atoms with Crippen LogP contribution in [0.3, 0.4) is 0 Å². The van der Waals surface area contributed by atoms with Gasteiger partial charge in [0.05, 0.1) is 0 Å². The number of ketones is 1. The van der Waals surface area contributed by atoms with E-state index in [2.05, 4.69) is 43.0 Å². The van der Waals surface area contributed by atoms with Crippen LogP contribution in [-0.2, 0) is 20.9 Å². The zero-order valence-electron chi connectivity index (χ0n) is 27.3. The van der Waals surface area contributed by atoms with E-state index in [9.17, 15) is 24.0 Å². The topological polar surface area (TPSA) is 140 Å². The Labute approximate surface area is 277 Å². The molecule has 2 saturated carbocycles. The molecule has 2 bridgehead atoms. The second-order valence-corrected chi connectivity index (χ2v) is 12.8. The molecule has 0 radical (unpaired) electrons. The first-order chi connectivity index (χ1) is 22.0. The highest BCUT2D eigenvalue weighted by Gasteiger charge is 2.40. The van der Waals surface area contributed by atoms with Crippen LogP contribution < -0.4 is 21.5 Å². The number of carbonyl (C=O) groups is 4. The van der Waals surface area contributed by atoms with E-state index in [1.807, 2.05) is 12.1 Å². The minimum atomic E-state index is -1.21. The van der Waals surface area contributed by atoms with E-state index in [4.69, 9.17) is 4.42 Å². The van der Waals surface area contributed by atoms with Gasteiger partial charge in [0.1, 0.15) is 17.3 Å². The predicted octanol–water partition coefficient (Wildman–Crippen LogP) is 5.88. The fraction of sp³-hybridized carbons (Fsp3) is 0.486. The summed E-state index contributed by atoms with van der Waals surface area (Å²) in [6, 6.07) is 9.26. The van der Waals surface area contributed by atoms with Crippen LogP contribution in [0.4, 0.5) is 5.69 Å². The number of hydrogen-bond donors (Lipinski definition) is 3. The number of amides is 3. The van der Waals surface area contributed by atoms with Crippen molar-refractivity contribution in [2.75, 3.05) is 12.4 Å². The first kappa shape index (κ1) is 37.0. The first-order valence-corrected chi connectivity index (χ1v) is 16.1. The molecular weight excluding hydrogens is 596 g/mol. The van der Waals surface area contributed by atoms with Crippen LogP contribution in [0.5, 0.6) is 0 Å². The Morgan fingerprint density at radius 1 is 1.02 bits per heavy atom. The molecular formula is C37H50N4O6. The number of furan rings is 1. The monoisotopic (exact) mass is 646 g/mol. The lowest BCUT2D eigenvalue weighted by Gasteiger charge is -2.46. The molecule has 1 aromatic carbocycles. The van der Waals surface area contributed by atoms with E-state index in [1.54, 1.807) is 35.9 Å². The summed E-state index contributed by atoms with van der Waals surface area (Å²) in [6.45, 7) is 12.9. The molecule has 2 aromatic heterocycles. The molecule has 0 saturated heterocycles. The summed E-state index contributed by atoms with van der Waals surface area (Å²) < 4.78 is 7.44. The van der Waals surface area contributed by atoms with Crippen LogP contribution in [0, 0.1) is 36.5 Å². The molecule has 3 amide bonds. The molecule has 2 heterocycles. The molecule has 3 N–H and O–H groups in total. The number of aryl methyl sites for hydroxylation is 1. The minimum Gasteiger partial charge on any atom is -0.451 e. The van der Waals surface area contributed by atoms with Gasteiger partial charge in [0.2, 0.25) is 11.7 Å². The van der Waals surface area contributed by atoms with E-state index in [1.165, 1.54) is 38.8 Å². The van der Waals surface area contributed by atoms with Gasteiger partial charge in [-0.15, -0.1) is 13.2 Å². The Morgan fingerprint density at radius 3 is 2.45 bits per heavy atom. The van der Waals surface area contributed by atoms with Gasteiger partial charge in [0, 0.05) is 37.2 Å². The van der Waals surface area contributed by atoms with Crippen molar-refractivity contribution in [3.8, 4) is 0 Å². The number of Topliss-reactive ketones (excluding diaryl/α,β-unsaturated/α-hetero) is 1. The van der Waals surface area contributed by atoms with Gasteiger partial charge in [-0.25, -0.2) is 0 Å². The molecule has 47 heavy (non-hydrogen) atoms. The number of hydrogen-bond acceptors (Lipinski definition) is 6. The van der Waals surface area contributed by atoms with E-state index < -0.39 is 29.5 Å². The highest BCUT2D eigenvalue weighted by Crippen LogP contribution is 2.48. The maximum absolute atomic E-state index is 13.6. The molecule has 2 aliphatic carbocycles. The quantitative estimate of drug-likeness (QED) is 0.186. The van der Waals surface area contributed by atoms with Crippen LogP contribution in [0.1, 0.15) is 75.9 Å². The van der Waals surface area contributed by atoms with Crippen LogP contribution in [0.2, 0.25) is 0 Å². The summed E-state index contributed by atoms with van der Waals surface area (Å²) in [6.07, 6.45) is 6.19. The van der Waals surface area contributed by atoms with Gasteiger partial charge in [-0.1, -0.05) is 39.5 Å². The van der Waals surface area contributed by atoms with Gasteiger partial charge in [-0.3, -0.25) is 24.0 Å². The third kappa shape index (κ3) is 8.47. The Balaban J connectivity index is 0.00000196. The molecule has 0 spiro atoms. The van der Waals surface area contributed by atoms with Gasteiger partial charge in [0.15, 0.2) is 5.76 Å². The lowest BCUT2D eigenvalue weighted by Crippen LogP contribution is -2.45.